The van der Waals surface area contributed by atoms with Gasteiger partial charge in [0.25, 0.3) is 0 Å². The highest BCUT2D eigenvalue weighted by molar-refractivity contribution is 14.1. The SMILES string of the molecule is O=C(CSc1ncc(-c2ccc(Br)cc2)[nH]1)Nc1ccc(I)cc1. The standard InChI is InChI=1S/C17H13BrIN3OS/c18-12-3-1-11(2-4-12)15-9-20-17(22-15)24-10-16(23)21-14-7-5-13(19)6-8-14/h1-9H,10H2,(H,20,22)(H,21,23). The lowest BCUT2D eigenvalue weighted by Crippen LogP contribution is -2.14. The van der Waals surface area contributed by atoms with Crippen LogP contribution in [0, 0.1) is 3.57 Å². The Morgan fingerprint density at radius 1 is 1.17 bits per heavy atom. The molecule has 0 aliphatic heterocycles. The van der Waals surface area contributed by atoms with Crippen LogP contribution >= 0.6 is 50.3 Å². The molecule has 24 heavy (non-hydrogen) atoms. The summed E-state index contributed by atoms with van der Waals surface area (Å²) in [5.41, 5.74) is 2.79. The summed E-state index contributed by atoms with van der Waals surface area (Å²) in [4.78, 5) is 19.6. The van der Waals surface area contributed by atoms with Gasteiger partial charge in [-0.3, -0.25) is 4.79 Å². The van der Waals surface area contributed by atoms with Crippen molar-refractivity contribution in [1.82, 2.24) is 9.97 Å². The van der Waals surface area contributed by atoms with Crippen molar-refractivity contribution in [2.45, 2.75) is 5.16 Å². The fourth-order valence-corrected chi connectivity index (χ4v) is 3.29. The summed E-state index contributed by atoms with van der Waals surface area (Å²) in [6.07, 6.45) is 1.78. The fourth-order valence-electron chi connectivity index (χ4n) is 2.02. The van der Waals surface area contributed by atoms with E-state index in [1.165, 1.54) is 11.8 Å². The maximum atomic E-state index is 12.0. The van der Waals surface area contributed by atoms with Crippen LogP contribution in [0.1, 0.15) is 0 Å². The number of H-pyrrole nitrogens is 1. The van der Waals surface area contributed by atoms with Crippen molar-refractivity contribution in [1.29, 1.82) is 0 Å². The lowest BCUT2D eigenvalue weighted by Gasteiger charge is -2.04. The molecule has 0 radical (unpaired) electrons. The van der Waals surface area contributed by atoms with E-state index in [9.17, 15) is 4.79 Å². The summed E-state index contributed by atoms with van der Waals surface area (Å²) in [6, 6.07) is 15.7. The molecule has 0 aliphatic rings. The minimum absolute atomic E-state index is 0.0530. The molecule has 7 heteroatoms. The molecule has 2 aromatic carbocycles. The molecular formula is C17H13BrIN3OS. The van der Waals surface area contributed by atoms with Gasteiger partial charge in [0, 0.05) is 13.7 Å². The second-order valence-electron chi connectivity index (χ2n) is 4.95. The van der Waals surface area contributed by atoms with E-state index in [0.717, 1.165) is 30.1 Å². The van der Waals surface area contributed by atoms with Crippen molar-refractivity contribution >= 4 is 61.9 Å². The van der Waals surface area contributed by atoms with Crippen molar-refractivity contribution in [3.8, 4) is 11.3 Å². The average Bonchev–Trinajstić information content (AvgIpc) is 3.05. The van der Waals surface area contributed by atoms with Gasteiger partial charge in [-0.25, -0.2) is 4.98 Å². The van der Waals surface area contributed by atoms with Gasteiger partial charge in [-0.2, -0.15) is 0 Å². The quantitative estimate of drug-likeness (QED) is 0.365. The van der Waals surface area contributed by atoms with Crippen molar-refractivity contribution in [3.63, 3.8) is 0 Å². The van der Waals surface area contributed by atoms with Crippen LogP contribution in [0.5, 0.6) is 0 Å². The van der Waals surface area contributed by atoms with Crippen LogP contribution in [0.3, 0.4) is 0 Å². The van der Waals surface area contributed by atoms with E-state index in [0.29, 0.717) is 5.75 Å². The number of aromatic nitrogens is 2. The van der Waals surface area contributed by atoms with Gasteiger partial charge in [-0.05, 0) is 64.6 Å². The molecule has 0 saturated heterocycles. The van der Waals surface area contributed by atoms with Crippen molar-refractivity contribution in [3.05, 3.63) is 62.8 Å². The van der Waals surface area contributed by atoms with Gasteiger partial charge in [0.05, 0.1) is 17.6 Å². The highest BCUT2D eigenvalue weighted by Crippen LogP contribution is 2.23. The Kier molecular flexibility index (Phi) is 5.96. The number of amides is 1. The van der Waals surface area contributed by atoms with E-state index >= 15 is 0 Å². The number of thioether (sulfide) groups is 1. The molecule has 3 aromatic rings. The van der Waals surface area contributed by atoms with Gasteiger partial charge in [0.1, 0.15) is 0 Å². The molecule has 0 atom stereocenters. The summed E-state index contributed by atoms with van der Waals surface area (Å²) in [5.74, 6) is 0.252. The van der Waals surface area contributed by atoms with Crippen LogP contribution in [0.2, 0.25) is 0 Å². The molecule has 0 saturated carbocycles. The molecular weight excluding hydrogens is 501 g/mol. The Balaban J connectivity index is 1.56. The smallest absolute Gasteiger partial charge is 0.234 e. The van der Waals surface area contributed by atoms with Crippen LogP contribution in [0.4, 0.5) is 5.69 Å². The first kappa shape index (κ1) is 17.5. The van der Waals surface area contributed by atoms with E-state index in [4.69, 9.17) is 0 Å². The number of aromatic amines is 1. The van der Waals surface area contributed by atoms with Crippen LogP contribution in [0.25, 0.3) is 11.3 Å². The Bertz CT molecular complexity index is 834. The van der Waals surface area contributed by atoms with E-state index in [1.54, 1.807) is 6.20 Å². The highest BCUT2D eigenvalue weighted by atomic mass is 127. The van der Waals surface area contributed by atoms with Crippen molar-refractivity contribution in [2.75, 3.05) is 11.1 Å². The van der Waals surface area contributed by atoms with Gasteiger partial charge in [0.15, 0.2) is 5.16 Å². The molecule has 0 unspecified atom stereocenters. The molecule has 0 bridgehead atoms. The molecule has 0 aliphatic carbocycles. The number of hydrogen-bond acceptors (Lipinski definition) is 3. The predicted octanol–water partition coefficient (Wildman–Crippen LogP) is 5.17. The lowest BCUT2D eigenvalue weighted by atomic mass is 10.2. The Morgan fingerprint density at radius 2 is 1.88 bits per heavy atom. The molecule has 0 fully saturated rings. The zero-order valence-electron chi connectivity index (χ0n) is 12.4. The summed E-state index contributed by atoms with van der Waals surface area (Å²) < 4.78 is 2.17. The third-order valence-electron chi connectivity index (χ3n) is 3.18. The summed E-state index contributed by atoms with van der Waals surface area (Å²) in [5, 5.41) is 3.60. The Labute approximate surface area is 166 Å². The van der Waals surface area contributed by atoms with E-state index in [2.05, 4.69) is 53.8 Å². The zero-order valence-corrected chi connectivity index (χ0v) is 17.0. The van der Waals surface area contributed by atoms with Gasteiger partial charge < -0.3 is 10.3 Å². The molecule has 3 rings (SSSR count). The fraction of sp³-hybridized carbons (Fsp3) is 0.0588. The average molecular weight is 514 g/mol. The minimum Gasteiger partial charge on any atom is -0.333 e. The molecule has 1 amide bonds. The number of carbonyl (C=O) groups excluding carboxylic acids is 1. The summed E-state index contributed by atoms with van der Waals surface area (Å²) >= 11 is 7.03. The van der Waals surface area contributed by atoms with E-state index in [-0.39, 0.29) is 5.91 Å². The maximum absolute atomic E-state index is 12.0. The van der Waals surface area contributed by atoms with Gasteiger partial charge >= 0.3 is 0 Å². The third kappa shape index (κ3) is 4.84. The molecule has 4 nitrogen and oxygen atoms in total. The van der Waals surface area contributed by atoms with Crippen LogP contribution in [0.15, 0.2) is 64.4 Å². The molecule has 122 valence electrons. The van der Waals surface area contributed by atoms with Crippen molar-refractivity contribution in [2.24, 2.45) is 0 Å². The zero-order chi connectivity index (χ0) is 16.9. The third-order valence-corrected chi connectivity index (χ3v) is 5.31. The number of halogens is 2. The van der Waals surface area contributed by atoms with Gasteiger partial charge in [-0.1, -0.05) is 39.8 Å². The number of nitrogens with one attached hydrogen (secondary N) is 2. The molecule has 2 N–H and O–H groups in total. The number of nitrogens with zero attached hydrogens (tertiary/aromatic N) is 1. The van der Waals surface area contributed by atoms with Crippen molar-refractivity contribution < 1.29 is 4.79 Å². The van der Waals surface area contributed by atoms with Crippen LogP contribution in [-0.2, 0) is 4.79 Å². The number of rotatable bonds is 5. The number of benzene rings is 2. The van der Waals surface area contributed by atoms with E-state index < -0.39 is 0 Å². The predicted molar refractivity (Wildman–Crippen MR) is 110 cm³/mol. The topological polar surface area (TPSA) is 57.8 Å². The Hall–Kier alpha value is -1.32. The number of imidazole rings is 1. The monoisotopic (exact) mass is 513 g/mol. The summed E-state index contributed by atoms with van der Waals surface area (Å²) in [6.45, 7) is 0. The normalized spacial score (nSPS) is 10.6. The van der Waals surface area contributed by atoms with Crippen LogP contribution in [-0.4, -0.2) is 21.6 Å². The first-order valence-electron chi connectivity index (χ1n) is 7.09. The highest BCUT2D eigenvalue weighted by Gasteiger charge is 2.08. The first-order chi connectivity index (χ1) is 11.6. The van der Waals surface area contributed by atoms with Crippen LogP contribution < -0.4 is 5.32 Å². The second kappa shape index (κ2) is 8.17. The first-order valence-corrected chi connectivity index (χ1v) is 9.95. The van der Waals surface area contributed by atoms with Gasteiger partial charge in [-0.15, -0.1) is 0 Å². The molecule has 0 spiro atoms. The Morgan fingerprint density at radius 3 is 2.58 bits per heavy atom. The lowest BCUT2D eigenvalue weighted by molar-refractivity contribution is -0.113. The molecule has 1 heterocycles. The van der Waals surface area contributed by atoms with Gasteiger partial charge in [0.2, 0.25) is 5.91 Å². The summed E-state index contributed by atoms with van der Waals surface area (Å²) in [7, 11) is 0. The molecule has 1 aromatic heterocycles. The van der Waals surface area contributed by atoms with E-state index in [1.807, 2.05) is 48.5 Å². The number of anilines is 1. The maximum Gasteiger partial charge on any atom is 0.234 e. The second-order valence-corrected chi connectivity index (χ2v) is 8.08. The number of carbonyl (C=O) groups is 1. The minimum atomic E-state index is -0.0530. The largest absolute Gasteiger partial charge is 0.333 e. The number of hydrogen-bond donors (Lipinski definition) is 2.